The van der Waals surface area contributed by atoms with Crippen LogP contribution in [-0.4, -0.2) is 29.9 Å². The summed E-state index contributed by atoms with van der Waals surface area (Å²) in [7, 11) is 0. The van der Waals surface area contributed by atoms with E-state index in [0.29, 0.717) is 12.6 Å². The van der Waals surface area contributed by atoms with Crippen molar-refractivity contribution in [3.05, 3.63) is 48.0 Å². The smallest absolute Gasteiger partial charge is 0.234 e. The molecule has 2 aromatic carbocycles. The van der Waals surface area contributed by atoms with E-state index in [1.807, 2.05) is 6.07 Å². The van der Waals surface area contributed by atoms with E-state index in [1.165, 1.54) is 35.6 Å². The summed E-state index contributed by atoms with van der Waals surface area (Å²) in [6.45, 7) is 5.84. The summed E-state index contributed by atoms with van der Waals surface area (Å²) in [5.74, 6) is 0.124. The summed E-state index contributed by atoms with van der Waals surface area (Å²) in [4.78, 5) is 14.7. The van der Waals surface area contributed by atoms with E-state index in [4.69, 9.17) is 0 Å². The highest BCUT2D eigenvalue weighted by Gasteiger charge is 2.21. The standard InChI is InChI=1S/C20H26N2O/c1-15-8-5-6-13-22(15)14-20(23)21-16(2)18-12-7-10-17-9-3-4-11-19(17)18/h3-4,7,9-12,15-16H,5-6,8,13-14H2,1-2H3,(H,21,23)/t15-,16-/m1/s1. The molecule has 0 radical (unpaired) electrons. The Balaban J connectivity index is 1.68. The molecule has 3 rings (SSSR count). The molecule has 0 spiro atoms. The molecular weight excluding hydrogens is 284 g/mol. The van der Waals surface area contributed by atoms with Crippen LogP contribution in [0.4, 0.5) is 0 Å². The maximum absolute atomic E-state index is 12.4. The summed E-state index contributed by atoms with van der Waals surface area (Å²) < 4.78 is 0. The van der Waals surface area contributed by atoms with Crippen LogP contribution < -0.4 is 5.32 Å². The minimum atomic E-state index is 0.0219. The molecule has 0 bridgehead atoms. The van der Waals surface area contributed by atoms with Crippen molar-refractivity contribution in [3.63, 3.8) is 0 Å². The van der Waals surface area contributed by atoms with Crippen LogP contribution in [0.1, 0.15) is 44.7 Å². The van der Waals surface area contributed by atoms with Crippen molar-refractivity contribution >= 4 is 16.7 Å². The van der Waals surface area contributed by atoms with E-state index >= 15 is 0 Å². The summed E-state index contributed by atoms with van der Waals surface area (Å²) >= 11 is 0. The molecule has 0 aromatic heterocycles. The summed E-state index contributed by atoms with van der Waals surface area (Å²) in [5.41, 5.74) is 1.18. The van der Waals surface area contributed by atoms with Crippen LogP contribution in [-0.2, 0) is 4.79 Å². The van der Waals surface area contributed by atoms with Crippen molar-refractivity contribution in [2.24, 2.45) is 0 Å². The van der Waals surface area contributed by atoms with Crippen LogP contribution in [0.15, 0.2) is 42.5 Å². The lowest BCUT2D eigenvalue weighted by Gasteiger charge is -2.33. The lowest BCUT2D eigenvalue weighted by atomic mass is 9.99. The largest absolute Gasteiger partial charge is 0.348 e. The molecule has 1 amide bonds. The number of hydrogen-bond donors (Lipinski definition) is 1. The number of nitrogens with zero attached hydrogens (tertiary/aromatic N) is 1. The van der Waals surface area contributed by atoms with Crippen molar-refractivity contribution in [1.82, 2.24) is 10.2 Å². The van der Waals surface area contributed by atoms with Crippen LogP contribution in [0.2, 0.25) is 0 Å². The Bertz CT molecular complexity index is 677. The average Bonchev–Trinajstić information content (AvgIpc) is 2.56. The molecule has 1 fully saturated rings. The normalized spacial score (nSPS) is 20.3. The first-order chi connectivity index (χ1) is 11.1. The van der Waals surface area contributed by atoms with Gasteiger partial charge < -0.3 is 5.32 Å². The van der Waals surface area contributed by atoms with Crippen LogP contribution >= 0.6 is 0 Å². The first-order valence-electron chi connectivity index (χ1n) is 8.66. The predicted molar refractivity (Wildman–Crippen MR) is 95.4 cm³/mol. The SMILES string of the molecule is C[C@@H]1CCCCN1CC(=O)N[C@H](C)c1cccc2ccccc12. The fourth-order valence-electron chi connectivity index (χ4n) is 3.57. The zero-order chi connectivity index (χ0) is 16.2. The van der Waals surface area contributed by atoms with Gasteiger partial charge in [-0.25, -0.2) is 0 Å². The quantitative estimate of drug-likeness (QED) is 0.929. The van der Waals surface area contributed by atoms with Gasteiger partial charge in [-0.05, 0) is 49.6 Å². The van der Waals surface area contributed by atoms with E-state index in [0.717, 1.165) is 6.54 Å². The second kappa shape index (κ2) is 7.14. The molecule has 0 saturated carbocycles. The van der Waals surface area contributed by atoms with Gasteiger partial charge in [0, 0.05) is 6.04 Å². The Hall–Kier alpha value is -1.87. The lowest BCUT2D eigenvalue weighted by molar-refractivity contribution is -0.123. The van der Waals surface area contributed by atoms with Crippen LogP contribution in [0.5, 0.6) is 0 Å². The highest BCUT2D eigenvalue weighted by molar-refractivity contribution is 5.87. The van der Waals surface area contributed by atoms with Crippen LogP contribution in [0.3, 0.4) is 0 Å². The van der Waals surface area contributed by atoms with Crippen molar-refractivity contribution in [2.45, 2.75) is 45.2 Å². The van der Waals surface area contributed by atoms with Gasteiger partial charge in [-0.15, -0.1) is 0 Å². The van der Waals surface area contributed by atoms with Crippen molar-refractivity contribution < 1.29 is 4.79 Å². The van der Waals surface area contributed by atoms with Gasteiger partial charge in [-0.2, -0.15) is 0 Å². The number of rotatable bonds is 4. The van der Waals surface area contributed by atoms with Gasteiger partial charge in [-0.1, -0.05) is 48.9 Å². The number of nitrogens with one attached hydrogen (secondary N) is 1. The van der Waals surface area contributed by atoms with Crippen LogP contribution in [0.25, 0.3) is 10.8 Å². The molecule has 3 nitrogen and oxygen atoms in total. The number of piperidine rings is 1. The average molecular weight is 310 g/mol. The number of carbonyl (C=O) groups is 1. The molecule has 0 aliphatic carbocycles. The molecular formula is C20H26N2O. The number of benzene rings is 2. The number of likely N-dealkylation sites (tertiary alicyclic amines) is 1. The third-order valence-corrected chi connectivity index (χ3v) is 4.95. The minimum Gasteiger partial charge on any atom is -0.348 e. The Labute approximate surface area is 138 Å². The third kappa shape index (κ3) is 3.73. The van der Waals surface area contributed by atoms with Gasteiger partial charge in [0.15, 0.2) is 0 Å². The molecule has 0 unspecified atom stereocenters. The fourth-order valence-corrected chi connectivity index (χ4v) is 3.57. The molecule has 1 aliphatic rings. The summed E-state index contributed by atoms with van der Waals surface area (Å²) in [6, 6.07) is 15.2. The van der Waals surface area contributed by atoms with Gasteiger partial charge in [0.25, 0.3) is 0 Å². The topological polar surface area (TPSA) is 32.3 Å². The predicted octanol–water partition coefficient (Wildman–Crippen LogP) is 3.89. The number of fused-ring (bicyclic) bond motifs is 1. The van der Waals surface area contributed by atoms with Gasteiger partial charge in [-0.3, -0.25) is 9.69 Å². The third-order valence-electron chi connectivity index (χ3n) is 4.95. The molecule has 1 aliphatic heterocycles. The van der Waals surface area contributed by atoms with Crippen molar-refractivity contribution in [3.8, 4) is 0 Å². The molecule has 1 saturated heterocycles. The zero-order valence-corrected chi connectivity index (χ0v) is 14.1. The molecule has 122 valence electrons. The summed E-state index contributed by atoms with van der Waals surface area (Å²) in [5, 5.41) is 5.61. The molecule has 3 heteroatoms. The Morgan fingerprint density at radius 2 is 2.00 bits per heavy atom. The van der Waals surface area contributed by atoms with E-state index in [9.17, 15) is 4.79 Å². The molecule has 2 atom stereocenters. The first kappa shape index (κ1) is 16.0. The summed E-state index contributed by atoms with van der Waals surface area (Å²) in [6.07, 6.45) is 3.69. The molecule has 2 aromatic rings. The number of hydrogen-bond acceptors (Lipinski definition) is 2. The molecule has 1 N–H and O–H groups in total. The van der Waals surface area contributed by atoms with E-state index < -0.39 is 0 Å². The van der Waals surface area contributed by atoms with Gasteiger partial charge in [0.05, 0.1) is 12.6 Å². The number of carbonyl (C=O) groups excluding carboxylic acids is 1. The van der Waals surface area contributed by atoms with Crippen molar-refractivity contribution in [1.29, 1.82) is 0 Å². The maximum Gasteiger partial charge on any atom is 0.234 e. The van der Waals surface area contributed by atoms with Crippen LogP contribution in [0, 0.1) is 0 Å². The minimum absolute atomic E-state index is 0.0219. The number of amides is 1. The monoisotopic (exact) mass is 310 g/mol. The Morgan fingerprint density at radius 3 is 2.83 bits per heavy atom. The first-order valence-corrected chi connectivity index (χ1v) is 8.66. The van der Waals surface area contributed by atoms with Gasteiger partial charge in [0.1, 0.15) is 0 Å². The van der Waals surface area contributed by atoms with Gasteiger partial charge >= 0.3 is 0 Å². The second-order valence-electron chi connectivity index (χ2n) is 6.67. The van der Waals surface area contributed by atoms with E-state index in [-0.39, 0.29) is 11.9 Å². The maximum atomic E-state index is 12.4. The van der Waals surface area contributed by atoms with Crippen molar-refractivity contribution in [2.75, 3.05) is 13.1 Å². The van der Waals surface area contributed by atoms with E-state index in [2.05, 4.69) is 60.5 Å². The van der Waals surface area contributed by atoms with E-state index in [1.54, 1.807) is 0 Å². The zero-order valence-electron chi connectivity index (χ0n) is 14.1. The Kier molecular flexibility index (Phi) is 4.97. The molecule has 23 heavy (non-hydrogen) atoms. The Morgan fingerprint density at radius 1 is 1.22 bits per heavy atom. The highest BCUT2D eigenvalue weighted by Crippen LogP contribution is 2.24. The highest BCUT2D eigenvalue weighted by atomic mass is 16.2. The second-order valence-corrected chi connectivity index (χ2v) is 6.67. The molecule has 1 heterocycles. The van der Waals surface area contributed by atoms with Gasteiger partial charge in [0.2, 0.25) is 5.91 Å². The lowest BCUT2D eigenvalue weighted by Crippen LogP contribution is -2.44. The fraction of sp³-hybridized carbons (Fsp3) is 0.450.